The van der Waals surface area contributed by atoms with Crippen LogP contribution in [-0.4, -0.2) is 18.5 Å². The fraction of sp³-hybridized carbons (Fsp3) is 0.182. The minimum absolute atomic E-state index is 0.325. The Kier molecular flexibility index (Phi) is 5.03. The molecule has 0 bridgehead atoms. The summed E-state index contributed by atoms with van der Waals surface area (Å²) in [4.78, 5) is 24.6. The fourth-order valence-corrected chi connectivity index (χ4v) is 3.16. The molecule has 1 amide bonds. The molecule has 132 valence electrons. The van der Waals surface area contributed by atoms with E-state index in [-0.39, 0.29) is 12.5 Å². The molecule has 0 heterocycles. The first-order chi connectivity index (χ1) is 12.5. The van der Waals surface area contributed by atoms with Gasteiger partial charge >= 0.3 is 5.97 Å². The van der Waals surface area contributed by atoms with Crippen molar-refractivity contribution in [3.8, 4) is 0 Å². The van der Waals surface area contributed by atoms with Gasteiger partial charge in [-0.25, -0.2) is 4.79 Å². The fourth-order valence-electron chi connectivity index (χ4n) is 3.16. The lowest BCUT2D eigenvalue weighted by atomic mass is 10.0. The first-order valence-corrected chi connectivity index (χ1v) is 8.48. The molecule has 0 aliphatic heterocycles. The molecule has 4 heteroatoms. The Balaban J connectivity index is 1.69. The summed E-state index contributed by atoms with van der Waals surface area (Å²) in [7, 11) is 0. The Labute approximate surface area is 152 Å². The molecule has 0 saturated heterocycles. The maximum Gasteiger partial charge on any atom is 0.339 e. The molecule has 0 fully saturated rings. The van der Waals surface area contributed by atoms with E-state index in [4.69, 9.17) is 4.74 Å². The molecule has 3 aromatic carbocycles. The predicted octanol–water partition coefficient (Wildman–Crippen LogP) is 4.56. The Hall–Kier alpha value is -3.14. The van der Waals surface area contributed by atoms with Crippen LogP contribution >= 0.6 is 0 Å². The monoisotopic (exact) mass is 347 g/mol. The Bertz CT molecular complexity index is 963. The minimum atomic E-state index is -0.505. The summed E-state index contributed by atoms with van der Waals surface area (Å²) in [6, 6.07) is 17.0. The van der Waals surface area contributed by atoms with Gasteiger partial charge in [0.15, 0.2) is 6.61 Å². The van der Waals surface area contributed by atoms with Crippen molar-refractivity contribution in [1.82, 2.24) is 0 Å². The van der Waals surface area contributed by atoms with E-state index in [1.165, 1.54) is 0 Å². The molecule has 0 saturated carbocycles. The van der Waals surface area contributed by atoms with Crippen molar-refractivity contribution in [3.63, 3.8) is 0 Å². The molecule has 3 rings (SSSR count). The molecular weight excluding hydrogens is 326 g/mol. The summed E-state index contributed by atoms with van der Waals surface area (Å²) in [6.07, 6.45) is 0. The van der Waals surface area contributed by atoms with Gasteiger partial charge in [-0.05, 0) is 48.7 Å². The molecule has 0 atom stereocenters. The predicted molar refractivity (Wildman–Crippen MR) is 104 cm³/mol. The van der Waals surface area contributed by atoms with Gasteiger partial charge in [0.2, 0.25) is 0 Å². The van der Waals surface area contributed by atoms with Crippen molar-refractivity contribution in [2.45, 2.75) is 20.8 Å². The molecule has 0 aliphatic rings. The van der Waals surface area contributed by atoms with E-state index < -0.39 is 5.97 Å². The van der Waals surface area contributed by atoms with E-state index in [9.17, 15) is 9.59 Å². The van der Waals surface area contributed by atoms with Crippen molar-refractivity contribution in [3.05, 3.63) is 76.9 Å². The second kappa shape index (κ2) is 7.40. The number of benzene rings is 3. The van der Waals surface area contributed by atoms with Crippen LogP contribution in [0.25, 0.3) is 10.8 Å². The summed E-state index contributed by atoms with van der Waals surface area (Å²) >= 11 is 0. The second-order valence-electron chi connectivity index (χ2n) is 6.42. The molecule has 26 heavy (non-hydrogen) atoms. The molecule has 4 nitrogen and oxygen atoms in total. The number of hydrogen-bond acceptors (Lipinski definition) is 3. The van der Waals surface area contributed by atoms with Crippen LogP contribution in [0.4, 0.5) is 5.69 Å². The van der Waals surface area contributed by atoms with Gasteiger partial charge in [0, 0.05) is 5.69 Å². The standard InChI is InChI=1S/C22H21NO3/c1-14-11-15(2)21(16(3)12-14)23-20(24)13-26-22(25)19-10-6-8-17-7-4-5-9-18(17)19/h4-12H,13H2,1-3H3,(H,23,24). The lowest BCUT2D eigenvalue weighted by Crippen LogP contribution is -2.22. The van der Waals surface area contributed by atoms with Crippen LogP contribution in [0, 0.1) is 20.8 Å². The lowest BCUT2D eigenvalue weighted by Gasteiger charge is -2.13. The first-order valence-electron chi connectivity index (χ1n) is 8.48. The zero-order chi connectivity index (χ0) is 18.7. The summed E-state index contributed by atoms with van der Waals surface area (Å²) in [5.74, 6) is -0.858. The van der Waals surface area contributed by atoms with Gasteiger partial charge in [0.25, 0.3) is 5.91 Å². The van der Waals surface area contributed by atoms with Crippen LogP contribution in [0.3, 0.4) is 0 Å². The highest BCUT2D eigenvalue weighted by Crippen LogP contribution is 2.22. The number of anilines is 1. The van der Waals surface area contributed by atoms with Gasteiger partial charge in [-0.1, -0.05) is 54.1 Å². The maximum absolute atomic E-state index is 12.4. The van der Waals surface area contributed by atoms with E-state index in [0.29, 0.717) is 5.56 Å². The molecule has 1 N–H and O–H groups in total. The Morgan fingerprint density at radius 1 is 0.923 bits per heavy atom. The highest BCUT2D eigenvalue weighted by atomic mass is 16.5. The summed E-state index contributed by atoms with van der Waals surface area (Å²) in [6.45, 7) is 5.57. The van der Waals surface area contributed by atoms with E-state index in [0.717, 1.165) is 33.2 Å². The second-order valence-corrected chi connectivity index (χ2v) is 6.42. The Morgan fingerprint density at radius 2 is 1.58 bits per heavy atom. The molecule has 0 spiro atoms. The van der Waals surface area contributed by atoms with Crippen LogP contribution in [0.1, 0.15) is 27.0 Å². The number of ether oxygens (including phenoxy) is 1. The van der Waals surface area contributed by atoms with E-state index in [1.807, 2.05) is 63.2 Å². The molecule has 0 aliphatic carbocycles. The van der Waals surface area contributed by atoms with Crippen molar-refractivity contribution in [1.29, 1.82) is 0 Å². The SMILES string of the molecule is Cc1cc(C)c(NC(=O)COC(=O)c2cccc3ccccc23)c(C)c1. The smallest absolute Gasteiger partial charge is 0.339 e. The van der Waals surface area contributed by atoms with Crippen molar-refractivity contribution in [2.75, 3.05) is 11.9 Å². The highest BCUT2D eigenvalue weighted by molar-refractivity contribution is 6.05. The largest absolute Gasteiger partial charge is 0.452 e. The maximum atomic E-state index is 12.4. The van der Waals surface area contributed by atoms with Gasteiger partial charge in [-0.15, -0.1) is 0 Å². The zero-order valence-corrected chi connectivity index (χ0v) is 15.1. The molecular formula is C22H21NO3. The van der Waals surface area contributed by atoms with Gasteiger partial charge in [0.05, 0.1) is 5.56 Å². The van der Waals surface area contributed by atoms with Crippen molar-refractivity contribution in [2.24, 2.45) is 0 Å². The average molecular weight is 347 g/mol. The Morgan fingerprint density at radius 3 is 2.31 bits per heavy atom. The van der Waals surface area contributed by atoms with E-state index in [1.54, 1.807) is 12.1 Å². The third-order valence-corrected chi connectivity index (χ3v) is 4.29. The van der Waals surface area contributed by atoms with Crippen LogP contribution in [0.15, 0.2) is 54.6 Å². The number of esters is 1. The number of carbonyl (C=O) groups is 2. The number of amides is 1. The minimum Gasteiger partial charge on any atom is -0.452 e. The third kappa shape index (κ3) is 3.75. The van der Waals surface area contributed by atoms with E-state index >= 15 is 0 Å². The first kappa shape index (κ1) is 17.7. The quantitative estimate of drug-likeness (QED) is 0.704. The van der Waals surface area contributed by atoms with Crippen LogP contribution < -0.4 is 5.32 Å². The zero-order valence-electron chi connectivity index (χ0n) is 15.1. The number of rotatable bonds is 4. The van der Waals surface area contributed by atoms with Gasteiger partial charge in [-0.3, -0.25) is 4.79 Å². The molecule has 0 aromatic heterocycles. The average Bonchev–Trinajstić information content (AvgIpc) is 2.62. The summed E-state index contributed by atoms with van der Waals surface area (Å²) < 4.78 is 5.22. The number of carbonyl (C=O) groups excluding carboxylic acids is 2. The van der Waals surface area contributed by atoms with Gasteiger partial charge in [-0.2, -0.15) is 0 Å². The summed E-state index contributed by atoms with van der Waals surface area (Å²) in [5, 5.41) is 4.60. The number of fused-ring (bicyclic) bond motifs is 1. The topological polar surface area (TPSA) is 55.4 Å². The van der Waals surface area contributed by atoms with Crippen LogP contribution in [0.2, 0.25) is 0 Å². The summed E-state index contributed by atoms with van der Waals surface area (Å²) in [5.41, 5.74) is 4.33. The number of hydrogen-bond donors (Lipinski definition) is 1. The van der Waals surface area contributed by atoms with Crippen molar-refractivity contribution < 1.29 is 14.3 Å². The molecule has 0 unspecified atom stereocenters. The van der Waals surface area contributed by atoms with Crippen LogP contribution in [0.5, 0.6) is 0 Å². The molecule has 0 radical (unpaired) electrons. The van der Waals surface area contributed by atoms with Gasteiger partial charge in [0.1, 0.15) is 0 Å². The molecule has 3 aromatic rings. The van der Waals surface area contributed by atoms with E-state index in [2.05, 4.69) is 5.32 Å². The van der Waals surface area contributed by atoms with Gasteiger partial charge < -0.3 is 10.1 Å². The lowest BCUT2D eigenvalue weighted by molar-refractivity contribution is -0.119. The normalized spacial score (nSPS) is 10.6. The third-order valence-electron chi connectivity index (χ3n) is 4.29. The number of aryl methyl sites for hydroxylation is 3. The van der Waals surface area contributed by atoms with Crippen LogP contribution in [-0.2, 0) is 9.53 Å². The highest BCUT2D eigenvalue weighted by Gasteiger charge is 2.14. The van der Waals surface area contributed by atoms with Crippen molar-refractivity contribution >= 4 is 28.3 Å². The number of nitrogens with one attached hydrogen (secondary N) is 1.